The van der Waals surface area contributed by atoms with Crippen LogP contribution < -0.4 is 4.74 Å². The normalized spacial score (nSPS) is 13.5. The lowest BCUT2D eigenvalue weighted by Gasteiger charge is -2.19. The Kier molecular flexibility index (Phi) is 6.63. The zero-order valence-corrected chi connectivity index (χ0v) is 18.2. The Labute approximate surface area is 170 Å². The van der Waals surface area contributed by atoms with Gasteiger partial charge in [0.1, 0.15) is 0 Å². The summed E-state index contributed by atoms with van der Waals surface area (Å²) < 4.78 is 37.4. The van der Waals surface area contributed by atoms with Crippen molar-refractivity contribution < 1.29 is 22.6 Å². The summed E-state index contributed by atoms with van der Waals surface area (Å²) in [6, 6.07) is 3.56. The van der Waals surface area contributed by atoms with E-state index in [0.717, 1.165) is 6.07 Å². The van der Waals surface area contributed by atoms with Crippen molar-refractivity contribution >= 4 is 15.7 Å². The van der Waals surface area contributed by atoms with Gasteiger partial charge < -0.3 is 9.26 Å². The summed E-state index contributed by atoms with van der Waals surface area (Å²) >= 11 is 0. The SMILES string of the molecule is CCN(CC)S(=O)(=O)c1ccc(O[C@H](C)c2nc(C(C)(C)C)no2)c([N+](=O)[O-])c1. The van der Waals surface area contributed by atoms with E-state index < -0.39 is 26.7 Å². The maximum absolute atomic E-state index is 12.7. The molecule has 1 aromatic carbocycles. The first-order valence-electron chi connectivity index (χ1n) is 9.21. The first-order valence-corrected chi connectivity index (χ1v) is 10.6. The second-order valence-corrected chi connectivity index (χ2v) is 9.38. The van der Waals surface area contributed by atoms with Crippen LogP contribution in [0.25, 0.3) is 0 Å². The highest BCUT2D eigenvalue weighted by Crippen LogP contribution is 2.34. The smallest absolute Gasteiger partial charge is 0.312 e. The molecular formula is C18H26N4O6S. The molecule has 160 valence electrons. The molecule has 29 heavy (non-hydrogen) atoms. The van der Waals surface area contributed by atoms with Crippen LogP contribution in [0.15, 0.2) is 27.6 Å². The molecule has 0 aliphatic rings. The second kappa shape index (κ2) is 8.46. The molecule has 0 saturated carbocycles. The third-order valence-corrected chi connectivity index (χ3v) is 6.28. The van der Waals surface area contributed by atoms with Gasteiger partial charge in [0.2, 0.25) is 10.0 Å². The molecule has 0 spiro atoms. The summed E-state index contributed by atoms with van der Waals surface area (Å²) in [7, 11) is -3.84. The molecule has 0 saturated heterocycles. The second-order valence-electron chi connectivity index (χ2n) is 7.44. The minimum Gasteiger partial charge on any atom is -0.474 e. The molecule has 2 aromatic rings. The average Bonchev–Trinajstić information content (AvgIpc) is 3.13. The highest BCUT2D eigenvalue weighted by Gasteiger charge is 2.29. The van der Waals surface area contributed by atoms with E-state index in [1.165, 1.54) is 16.4 Å². The van der Waals surface area contributed by atoms with Gasteiger partial charge in [-0.15, -0.1) is 0 Å². The number of ether oxygens (including phenoxy) is 1. The monoisotopic (exact) mass is 426 g/mol. The van der Waals surface area contributed by atoms with Crippen LogP contribution in [0.1, 0.15) is 59.4 Å². The Morgan fingerprint density at radius 2 is 1.90 bits per heavy atom. The highest BCUT2D eigenvalue weighted by atomic mass is 32.2. The van der Waals surface area contributed by atoms with Crippen LogP contribution in [0.5, 0.6) is 5.75 Å². The maximum Gasteiger partial charge on any atom is 0.312 e. The zero-order valence-electron chi connectivity index (χ0n) is 17.4. The Morgan fingerprint density at radius 3 is 2.38 bits per heavy atom. The van der Waals surface area contributed by atoms with E-state index in [4.69, 9.17) is 9.26 Å². The van der Waals surface area contributed by atoms with E-state index in [-0.39, 0.29) is 35.0 Å². The van der Waals surface area contributed by atoms with Crippen molar-refractivity contribution in [1.29, 1.82) is 0 Å². The summed E-state index contributed by atoms with van der Waals surface area (Å²) in [5.74, 6) is 0.568. The van der Waals surface area contributed by atoms with E-state index in [1.807, 2.05) is 20.8 Å². The number of aromatic nitrogens is 2. The number of nitro benzene ring substituents is 1. The Morgan fingerprint density at radius 1 is 1.28 bits per heavy atom. The largest absolute Gasteiger partial charge is 0.474 e. The van der Waals surface area contributed by atoms with Crippen LogP contribution in [0.4, 0.5) is 5.69 Å². The first-order chi connectivity index (χ1) is 13.4. The molecule has 1 heterocycles. The topological polar surface area (TPSA) is 129 Å². The summed E-state index contributed by atoms with van der Waals surface area (Å²) in [4.78, 5) is 15.0. The van der Waals surface area contributed by atoms with Crippen molar-refractivity contribution in [3.05, 3.63) is 40.0 Å². The van der Waals surface area contributed by atoms with Crippen LogP contribution in [-0.2, 0) is 15.4 Å². The number of hydrogen-bond donors (Lipinski definition) is 0. The van der Waals surface area contributed by atoms with Gasteiger partial charge in [0.15, 0.2) is 17.7 Å². The van der Waals surface area contributed by atoms with Gasteiger partial charge in [-0.2, -0.15) is 9.29 Å². The lowest BCUT2D eigenvalue weighted by molar-refractivity contribution is -0.386. The number of sulfonamides is 1. The van der Waals surface area contributed by atoms with Gasteiger partial charge in [-0.1, -0.05) is 39.8 Å². The predicted molar refractivity (Wildman–Crippen MR) is 105 cm³/mol. The molecule has 0 amide bonds. The van der Waals surface area contributed by atoms with Gasteiger partial charge in [-0.3, -0.25) is 10.1 Å². The third-order valence-electron chi connectivity index (χ3n) is 4.23. The number of rotatable bonds is 8. The summed E-state index contributed by atoms with van der Waals surface area (Å²) in [6.07, 6.45) is -0.762. The molecule has 0 bridgehead atoms. The van der Waals surface area contributed by atoms with Crippen LogP contribution in [0.3, 0.4) is 0 Å². The number of hydrogen-bond acceptors (Lipinski definition) is 8. The average molecular weight is 426 g/mol. The van der Waals surface area contributed by atoms with Crippen LogP contribution in [0.2, 0.25) is 0 Å². The molecule has 1 atom stereocenters. The molecule has 0 N–H and O–H groups in total. The van der Waals surface area contributed by atoms with Gasteiger partial charge in [-0.25, -0.2) is 8.42 Å². The van der Waals surface area contributed by atoms with Crippen LogP contribution in [-0.4, -0.2) is 40.9 Å². The number of nitro groups is 1. The van der Waals surface area contributed by atoms with Crippen molar-refractivity contribution in [3.63, 3.8) is 0 Å². The van der Waals surface area contributed by atoms with Crippen molar-refractivity contribution in [3.8, 4) is 5.75 Å². The van der Waals surface area contributed by atoms with Gasteiger partial charge in [0.05, 0.1) is 9.82 Å². The third kappa shape index (κ3) is 4.91. The summed E-state index contributed by atoms with van der Waals surface area (Å²) in [5, 5.41) is 15.4. The molecule has 0 radical (unpaired) electrons. The lowest BCUT2D eigenvalue weighted by Crippen LogP contribution is -2.30. The fourth-order valence-corrected chi connectivity index (χ4v) is 4.04. The van der Waals surface area contributed by atoms with Gasteiger partial charge >= 0.3 is 5.69 Å². The standard InChI is InChI=1S/C18H26N4O6S/c1-7-21(8-2)29(25,26)13-9-10-15(14(11-13)22(23)24)27-12(3)16-19-17(20-28-16)18(4,5)6/h9-12H,7-8H2,1-6H3/t12-/m1/s1. The van der Waals surface area contributed by atoms with Gasteiger partial charge in [0, 0.05) is 24.6 Å². The molecule has 0 unspecified atom stereocenters. The quantitative estimate of drug-likeness (QED) is 0.464. The maximum atomic E-state index is 12.7. The fourth-order valence-electron chi connectivity index (χ4n) is 2.56. The molecule has 1 aromatic heterocycles. The van der Waals surface area contributed by atoms with Crippen molar-refractivity contribution in [2.45, 2.75) is 58.0 Å². The van der Waals surface area contributed by atoms with Crippen molar-refractivity contribution in [1.82, 2.24) is 14.4 Å². The number of nitrogens with zero attached hydrogens (tertiary/aromatic N) is 4. The highest BCUT2D eigenvalue weighted by molar-refractivity contribution is 7.89. The van der Waals surface area contributed by atoms with E-state index in [9.17, 15) is 18.5 Å². The Hall–Kier alpha value is -2.53. The summed E-state index contributed by atoms with van der Waals surface area (Å²) in [5.41, 5.74) is -0.783. The van der Waals surface area contributed by atoms with Crippen LogP contribution >= 0.6 is 0 Å². The van der Waals surface area contributed by atoms with E-state index >= 15 is 0 Å². The number of benzene rings is 1. The molecule has 11 heteroatoms. The first kappa shape index (κ1) is 22.8. The summed E-state index contributed by atoms with van der Waals surface area (Å²) in [6.45, 7) is 11.3. The Balaban J connectivity index is 2.36. The van der Waals surface area contributed by atoms with Gasteiger partial charge in [-0.05, 0) is 19.1 Å². The molecule has 0 fully saturated rings. The van der Waals surface area contributed by atoms with E-state index in [0.29, 0.717) is 5.82 Å². The van der Waals surface area contributed by atoms with E-state index in [2.05, 4.69) is 10.1 Å². The predicted octanol–water partition coefficient (Wildman–Crippen LogP) is 3.45. The van der Waals surface area contributed by atoms with E-state index in [1.54, 1.807) is 20.8 Å². The molecule has 0 aliphatic heterocycles. The molecule has 10 nitrogen and oxygen atoms in total. The molecular weight excluding hydrogens is 400 g/mol. The Bertz CT molecular complexity index is 976. The van der Waals surface area contributed by atoms with Gasteiger partial charge in [0.25, 0.3) is 5.89 Å². The zero-order chi connectivity index (χ0) is 22.0. The minimum atomic E-state index is -3.84. The van der Waals surface area contributed by atoms with Crippen molar-refractivity contribution in [2.75, 3.05) is 13.1 Å². The lowest BCUT2D eigenvalue weighted by atomic mass is 9.96. The van der Waals surface area contributed by atoms with Crippen molar-refractivity contribution in [2.24, 2.45) is 0 Å². The van der Waals surface area contributed by atoms with Crippen LogP contribution in [0, 0.1) is 10.1 Å². The fraction of sp³-hybridized carbons (Fsp3) is 0.556. The molecule has 0 aliphatic carbocycles. The minimum absolute atomic E-state index is 0.0866. The molecule has 2 rings (SSSR count).